The van der Waals surface area contributed by atoms with Crippen LogP contribution in [0.1, 0.15) is 0 Å². The summed E-state index contributed by atoms with van der Waals surface area (Å²) in [6.45, 7) is 0. The van der Waals surface area contributed by atoms with Gasteiger partial charge in [0.1, 0.15) is 0 Å². The summed E-state index contributed by atoms with van der Waals surface area (Å²) in [5.74, 6) is 0. The highest BCUT2D eigenvalue weighted by molar-refractivity contribution is 7.33. The van der Waals surface area contributed by atoms with Crippen LogP contribution in [-0.4, -0.2) is 0 Å². The van der Waals surface area contributed by atoms with Crippen LogP contribution in [0.5, 0.6) is 0 Å². The van der Waals surface area contributed by atoms with Crippen molar-refractivity contribution in [3.05, 3.63) is 158 Å². The largest absolute Gasteiger partial charge is 0.134 e. The highest BCUT2D eigenvalue weighted by atomic mass is 32.1. The van der Waals surface area contributed by atoms with Crippen LogP contribution in [0.2, 0.25) is 0 Å². The Labute approximate surface area is 274 Å². The average Bonchev–Trinajstić information content (AvgIpc) is 3.69. The Hall–Kier alpha value is -5.28. The van der Waals surface area contributed by atoms with Crippen molar-refractivity contribution in [3.8, 4) is 33.4 Å². The van der Waals surface area contributed by atoms with Gasteiger partial charge in [0.25, 0.3) is 0 Å². The van der Waals surface area contributed by atoms with E-state index < -0.39 is 0 Å². The summed E-state index contributed by atoms with van der Waals surface area (Å²) in [7, 11) is 0. The van der Waals surface area contributed by atoms with Gasteiger partial charge in [-0.3, -0.25) is 0 Å². The molecule has 10 rings (SSSR count). The number of rotatable bonds is 3. The fourth-order valence-corrected chi connectivity index (χ4v) is 9.99. The summed E-state index contributed by atoms with van der Waals surface area (Å²) >= 11 is 3.85. The van der Waals surface area contributed by atoms with Crippen LogP contribution < -0.4 is 0 Å². The molecule has 0 unspecified atom stereocenters. The van der Waals surface area contributed by atoms with Crippen LogP contribution in [0.25, 0.3) is 95.3 Å². The number of hydrogen-bond acceptors (Lipinski definition) is 2. The summed E-state index contributed by atoms with van der Waals surface area (Å²) in [5.41, 5.74) is 7.58. The molecule has 0 bridgehead atoms. The van der Waals surface area contributed by atoms with Crippen LogP contribution in [0.3, 0.4) is 0 Å². The minimum Gasteiger partial charge on any atom is -0.134 e. The molecule has 2 heterocycles. The van der Waals surface area contributed by atoms with E-state index in [1.807, 2.05) is 22.7 Å². The molecule has 0 aliphatic heterocycles. The number of thiophene rings is 2. The number of benzene rings is 8. The van der Waals surface area contributed by atoms with Gasteiger partial charge in [-0.25, -0.2) is 0 Å². The first-order valence-corrected chi connectivity index (χ1v) is 17.3. The van der Waals surface area contributed by atoms with Gasteiger partial charge in [0.2, 0.25) is 0 Å². The third kappa shape index (κ3) is 3.84. The maximum Gasteiger partial charge on any atom is 0.0534 e. The third-order valence-electron chi connectivity index (χ3n) is 9.46. The second-order valence-electron chi connectivity index (χ2n) is 12.0. The summed E-state index contributed by atoms with van der Waals surface area (Å²) in [4.78, 5) is 0. The highest BCUT2D eigenvalue weighted by Gasteiger charge is 2.17. The standard InChI is InChI=1S/C44H26S2/c1-2-11-27(12-3-1)41-33-16-4-6-18-35(33)42(36-19-7-5-17-34(36)41)30-14-10-13-28(25-30)29-21-22-32-38-24-23-37-31-15-8-9-20-39(31)45-43(37)44(38)46-40(32)26-29/h1-26H. The first-order valence-electron chi connectivity index (χ1n) is 15.7. The number of hydrogen-bond donors (Lipinski definition) is 0. The van der Waals surface area contributed by atoms with Gasteiger partial charge in [0, 0.05) is 30.9 Å². The van der Waals surface area contributed by atoms with Crippen LogP contribution in [-0.2, 0) is 0 Å². The van der Waals surface area contributed by atoms with Gasteiger partial charge >= 0.3 is 0 Å². The van der Waals surface area contributed by atoms with Crippen molar-refractivity contribution in [1.82, 2.24) is 0 Å². The maximum absolute atomic E-state index is 2.40. The van der Waals surface area contributed by atoms with Crippen molar-refractivity contribution >= 4 is 84.6 Å². The Bertz CT molecular complexity index is 2740. The first kappa shape index (κ1) is 26.0. The van der Waals surface area contributed by atoms with E-state index in [4.69, 9.17) is 0 Å². The predicted octanol–water partition coefficient (Wildman–Crippen LogP) is 13.7. The zero-order valence-corrected chi connectivity index (χ0v) is 26.5. The van der Waals surface area contributed by atoms with Gasteiger partial charge in [-0.1, -0.05) is 140 Å². The highest BCUT2D eigenvalue weighted by Crippen LogP contribution is 2.46. The molecular formula is C44H26S2. The molecule has 2 heteroatoms. The summed E-state index contributed by atoms with van der Waals surface area (Å²) in [6.07, 6.45) is 0. The van der Waals surface area contributed by atoms with Crippen LogP contribution in [0, 0.1) is 0 Å². The molecule has 214 valence electrons. The smallest absolute Gasteiger partial charge is 0.0534 e. The quantitative estimate of drug-likeness (QED) is 0.173. The Morgan fingerprint density at radius 3 is 1.39 bits per heavy atom. The van der Waals surface area contributed by atoms with E-state index in [-0.39, 0.29) is 0 Å². The molecule has 0 nitrogen and oxygen atoms in total. The van der Waals surface area contributed by atoms with E-state index in [1.165, 1.54) is 95.3 Å². The Morgan fingerprint density at radius 1 is 0.261 bits per heavy atom. The zero-order chi connectivity index (χ0) is 30.2. The summed E-state index contributed by atoms with van der Waals surface area (Å²) < 4.78 is 5.50. The van der Waals surface area contributed by atoms with E-state index in [0.29, 0.717) is 0 Å². The molecule has 0 aliphatic rings. The molecule has 0 saturated heterocycles. The van der Waals surface area contributed by atoms with Gasteiger partial charge in [-0.2, -0.15) is 0 Å². The molecule has 0 atom stereocenters. The molecule has 0 spiro atoms. The van der Waals surface area contributed by atoms with E-state index >= 15 is 0 Å². The lowest BCUT2D eigenvalue weighted by molar-refractivity contribution is 1.63. The molecule has 0 N–H and O–H groups in total. The van der Waals surface area contributed by atoms with E-state index in [0.717, 1.165) is 0 Å². The van der Waals surface area contributed by atoms with Crippen molar-refractivity contribution in [2.75, 3.05) is 0 Å². The monoisotopic (exact) mass is 618 g/mol. The van der Waals surface area contributed by atoms with Crippen molar-refractivity contribution < 1.29 is 0 Å². The van der Waals surface area contributed by atoms with Crippen molar-refractivity contribution in [2.24, 2.45) is 0 Å². The fraction of sp³-hybridized carbons (Fsp3) is 0. The topological polar surface area (TPSA) is 0 Å². The molecular weight excluding hydrogens is 593 g/mol. The minimum atomic E-state index is 1.24. The van der Waals surface area contributed by atoms with Gasteiger partial charge in [-0.05, 0) is 73.1 Å². The maximum atomic E-state index is 2.40. The molecule has 46 heavy (non-hydrogen) atoms. The van der Waals surface area contributed by atoms with Gasteiger partial charge < -0.3 is 0 Å². The number of fused-ring (bicyclic) bond motifs is 9. The Kier molecular flexibility index (Phi) is 5.72. The van der Waals surface area contributed by atoms with Crippen LogP contribution in [0.4, 0.5) is 0 Å². The van der Waals surface area contributed by atoms with Crippen molar-refractivity contribution in [1.29, 1.82) is 0 Å². The minimum absolute atomic E-state index is 1.24. The molecule has 0 aliphatic carbocycles. The molecule has 0 radical (unpaired) electrons. The lowest BCUT2D eigenvalue weighted by Gasteiger charge is -2.18. The fourth-order valence-electron chi connectivity index (χ4n) is 7.41. The molecule has 0 fully saturated rings. The zero-order valence-electron chi connectivity index (χ0n) is 24.8. The first-order chi connectivity index (χ1) is 22.8. The van der Waals surface area contributed by atoms with Gasteiger partial charge in [-0.15, -0.1) is 22.7 Å². The van der Waals surface area contributed by atoms with Crippen molar-refractivity contribution in [3.63, 3.8) is 0 Å². The predicted molar refractivity (Wildman–Crippen MR) is 204 cm³/mol. The third-order valence-corrected chi connectivity index (χ3v) is 12.0. The van der Waals surface area contributed by atoms with E-state index in [9.17, 15) is 0 Å². The van der Waals surface area contributed by atoms with Crippen molar-refractivity contribution in [2.45, 2.75) is 0 Å². The summed E-state index contributed by atoms with van der Waals surface area (Å²) in [6, 6.07) is 58.2. The van der Waals surface area contributed by atoms with Gasteiger partial charge in [0.05, 0.1) is 9.40 Å². The van der Waals surface area contributed by atoms with E-state index in [2.05, 4.69) is 158 Å². The summed E-state index contributed by atoms with van der Waals surface area (Å²) in [5, 5.41) is 10.6. The molecule has 10 aromatic rings. The van der Waals surface area contributed by atoms with Crippen LogP contribution >= 0.6 is 22.7 Å². The van der Waals surface area contributed by atoms with E-state index in [1.54, 1.807) is 0 Å². The molecule has 0 saturated carbocycles. The Morgan fingerprint density at radius 2 is 0.717 bits per heavy atom. The second kappa shape index (κ2) is 10.1. The lowest BCUT2D eigenvalue weighted by atomic mass is 9.85. The normalized spacial score (nSPS) is 11.9. The SMILES string of the molecule is c1ccc(-c2c3ccccc3c(-c3cccc(-c4ccc5c(c4)sc4c5ccc5c6ccccc6sc54)c3)c3ccccc23)cc1. The molecule has 0 amide bonds. The average molecular weight is 619 g/mol. The Balaban J connectivity index is 1.17. The second-order valence-corrected chi connectivity index (χ2v) is 14.1. The molecule has 8 aromatic carbocycles. The van der Waals surface area contributed by atoms with Gasteiger partial charge in [0.15, 0.2) is 0 Å². The molecule has 2 aromatic heterocycles. The van der Waals surface area contributed by atoms with Crippen LogP contribution in [0.15, 0.2) is 158 Å². The lowest BCUT2D eigenvalue weighted by Crippen LogP contribution is -1.91.